The third kappa shape index (κ3) is 4.67. The lowest BCUT2D eigenvalue weighted by Gasteiger charge is -2.21. The Morgan fingerprint density at radius 3 is 2.47 bits per heavy atom. The molecule has 0 bridgehead atoms. The molecule has 0 spiro atoms. The molecule has 0 saturated heterocycles. The van der Waals surface area contributed by atoms with Gasteiger partial charge in [0.2, 0.25) is 11.8 Å². The molecule has 2 atom stereocenters. The molecule has 0 aromatic carbocycles. The molecule has 1 amide bonds. The first-order chi connectivity index (χ1) is 8.97. The molecule has 1 rings (SSSR count). The molecule has 0 aliphatic carbocycles. The van der Waals surface area contributed by atoms with E-state index in [0.717, 1.165) is 18.6 Å². The minimum absolute atomic E-state index is 0.0174. The van der Waals surface area contributed by atoms with Crippen LogP contribution in [0, 0.1) is 6.92 Å². The van der Waals surface area contributed by atoms with Crippen LogP contribution in [0.1, 0.15) is 58.2 Å². The van der Waals surface area contributed by atoms with Crippen molar-refractivity contribution in [1.82, 2.24) is 15.6 Å². The quantitative estimate of drug-likeness (QED) is 0.795. The zero-order valence-corrected chi connectivity index (χ0v) is 12.5. The van der Waals surface area contributed by atoms with E-state index in [1.54, 1.807) is 6.20 Å². The summed E-state index contributed by atoms with van der Waals surface area (Å²) in [7, 11) is 0. The smallest absolute Gasteiger partial charge is 0.237 e. The number of aromatic nitrogens is 1. The lowest BCUT2D eigenvalue weighted by molar-refractivity contribution is -0.123. The van der Waals surface area contributed by atoms with Crippen LogP contribution in [-0.2, 0) is 4.79 Å². The molecule has 2 unspecified atom stereocenters. The van der Waals surface area contributed by atoms with Gasteiger partial charge >= 0.3 is 0 Å². The summed E-state index contributed by atoms with van der Waals surface area (Å²) in [6.45, 7) is 9.79. The van der Waals surface area contributed by atoms with Crippen LogP contribution in [0.25, 0.3) is 0 Å². The fourth-order valence-corrected chi connectivity index (χ4v) is 1.91. The molecule has 0 radical (unpaired) electrons. The highest BCUT2D eigenvalue weighted by molar-refractivity contribution is 5.81. The summed E-state index contributed by atoms with van der Waals surface area (Å²) in [6.07, 6.45) is 3.58. The number of hydrogen-bond acceptors (Lipinski definition) is 4. The first kappa shape index (κ1) is 15.7. The van der Waals surface area contributed by atoms with Crippen LogP contribution >= 0.6 is 0 Å². The third-order valence-corrected chi connectivity index (χ3v) is 3.23. The van der Waals surface area contributed by atoms with Gasteiger partial charge < -0.3 is 9.73 Å². The SMILES string of the molecule is CCC(CC)NC(=O)C(C)NC(C)c1ncc(C)o1. The highest BCUT2D eigenvalue weighted by atomic mass is 16.4. The number of oxazole rings is 1. The fraction of sp³-hybridized carbons (Fsp3) is 0.714. The van der Waals surface area contributed by atoms with Gasteiger partial charge in [0.1, 0.15) is 5.76 Å². The van der Waals surface area contributed by atoms with Gasteiger partial charge in [0.25, 0.3) is 0 Å². The largest absolute Gasteiger partial charge is 0.444 e. The van der Waals surface area contributed by atoms with E-state index in [2.05, 4.69) is 29.5 Å². The minimum Gasteiger partial charge on any atom is -0.444 e. The topological polar surface area (TPSA) is 67.2 Å². The van der Waals surface area contributed by atoms with Crippen LogP contribution in [0.5, 0.6) is 0 Å². The van der Waals surface area contributed by atoms with Crippen molar-refractivity contribution in [3.8, 4) is 0 Å². The molecule has 1 aromatic rings. The van der Waals surface area contributed by atoms with Gasteiger partial charge in [-0.05, 0) is 33.6 Å². The molecule has 1 aromatic heterocycles. The van der Waals surface area contributed by atoms with E-state index in [9.17, 15) is 4.79 Å². The average Bonchev–Trinajstić information content (AvgIpc) is 2.82. The van der Waals surface area contributed by atoms with Gasteiger partial charge in [-0.1, -0.05) is 13.8 Å². The van der Waals surface area contributed by atoms with Gasteiger partial charge in [0.15, 0.2) is 0 Å². The second kappa shape index (κ2) is 7.28. The number of hydrogen-bond donors (Lipinski definition) is 2. The Bertz CT molecular complexity index is 399. The number of nitrogens with zero attached hydrogens (tertiary/aromatic N) is 1. The summed E-state index contributed by atoms with van der Waals surface area (Å²) < 4.78 is 5.44. The lowest BCUT2D eigenvalue weighted by atomic mass is 10.1. The maximum atomic E-state index is 12.0. The molecule has 19 heavy (non-hydrogen) atoms. The maximum Gasteiger partial charge on any atom is 0.237 e. The first-order valence-corrected chi connectivity index (χ1v) is 6.96. The lowest BCUT2D eigenvalue weighted by Crippen LogP contribution is -2.46. The molecule has 2 N–H and O–H groups in total. The third-order valence-electron chi connectivity index (χ3n) is 3.23. The van der Waals surface area contributed by atoms with E-state index in [1.165, 1.54) is 0 Å². The summed E-state index contributed by atoms with van der Waals surface area (Å²) in [5.74, 6) is 1.40. The van der Waals surface area contributed by atoms with Crippen LogP contribution in [0.4, 0.5) is 0 Å². The van der Waals surface area contributed by atoms with Crippen molar-refractivity contribution >= 4 is 5.91 Å². The number of carbonyl (C=O) groups is 1. The predicted molar refractivity (Wildman–Crippen MR) is 74.8 cm³/mol. The molecule has 0 fully saturated rings. The zero-order valence-electron chi connectivity index (χ0n) is 12.5. The van der Waals surface area contributed by atoms with E-state index in [1.807, 2.05) is 20.8 Å². The van der Waals surface area contributed by atoms with Crippen molar-refractivity contribution in [2.75, 3.05) is 0 Å². The maximum absolute atomic E-state index is 12.0. The van der Waals surface area contributed by atoms with E-state index < -0.39 is 0 Å². The van der Waals surface area contributed by atoms with Crippen LogP contribution in [-0.4, -0.2) is 23.0 Å². The summed E-state index contributed by atoms with van der Waals surface area (Å²) in [6, 6.07) is -0.116. The van der Waals surface area contributed by atoms with Crippen LogP contribution in [0.3, 0.4) is 0 Å². The first-order valence-electron chi connectivity index (χ1n) is 6.96. The Kier molecular flexibility index (Phi) is 6.02. The Hall–Kier alpha value is -1.36. The zero-order chi connectivity index (χ0) is 14.4. The van der Waals surface area contributed by atoms with E-state index in [-0.39, 0.29) is 24.0 Å². The van der Waals surface area contributed by atoms with Gasteiger partial charge in [-0.2, -0.15) is 0 Å². The number of amides is 1. The van der Waals surface area contributed by atoms with Crippen LogP contribution < -0.4 is 10.6 Å². The molecular formula is C14H25N3O2. The van der Waals surface area contributed by atoms with Crippen LogP contribution in [0.2, 0.25) is 0 Å². The van der Waals surface area contributed by atoms with Crippen molar-refractivity contribution in [2.45, 2.75) is 65.6 Å². The summed E-state index contributed by atoms with van der Waals surface area (Å²) >= 11 is 0. The van der Waals surface area contributed by atoms with E-state index in [0.29, 0.717) is 5.89 Å². The highest BCUT2D eigenvalue weighted by Gasteiger charge is 2.20. The van der Waals surface area contributed by atoms with Crippen molar-refractivity contribution in [3.63, 3.8) is 0 Å². The fourth-order valence-electron chi connectivity index (χ4n) is 1.91. The van der Waals surface area contributed by atoms with Crippen molar-refractivity contribution in [3.05, 3.63) is 17.8 Å². The average molecular weight is 267 g/mol. The van der Waals surface area contributed by atoms with Crippen molar-refractivity contribution < 1.29 is 9.21 Å². The van der Waals surface area contributed by atoms with Crippen molar-refractivity contribution in [1.29, 1.82) is 0 Å². The standard InChI is InChI=1S/C14H25N3O2/c1-6-12(7-2)17-13(18)10(4)16-11(5)14-15-8-9(3)19-14/h8,10-12,16H,6-7H2,1-5H3,(H,17,18). The van der Waals surface area contributed by atoms with E-state index >= 15 is 0 Å². The molecular weight excluding hydrogens is 242 g/mol. The van der Waals surface area contributed by atoms with Gasteiger partial charge in [-0.3, -0.25) is 10.1 Å². The number of rotatable bonds is 7. The summed E-state index contributed by atoms with van der Waals surface area (Å²) in [5, 5.41) is 6.22. The minimum atomic E-state index is -0.275. The molecule has 1 heterocycles. The highest BCUT2D eigenvalue weighted by Crippen LogP contribution is 2.12. The second-order valence-corrected chi connectivity index (χ2v) is 4.94. The van der Waals surface area contributed by atoms with Gasteiger partial charge in [-0.15, -0.1) is 0 Å². The van der Waals surface area contributed by atoms with Crippen LogP contribution in [0.15, 0.2) is 10.6 Å². The molecule has 0 saturated carbocycles. The molecule has 0 aliphatic heterocycles. The second-order valence-electron chi connectivity index (χ2n) is 4.94. The van der Waals surface area contributed by atoms with Gasteiger partial charge in [0.05, 0.1) is 18.3 Å². The summed E-state index contributed by atoms with van der Waals surface area (Å²) in [4.78, 5) is 16.2. The molecule has 5 nitrogen and oxygen atoms in total. The molecule has 108 valence electrons. The van der Waals surface area contributed by atoms with Gasteiger partial charge in [-0.25, -0.2) is 4.98 Å². The van der Waals surface area contributed by atoms with Gasteiger partial charge in [0, 0.05) is 6.04 Å². The number of nitrogens with one attached hydrogen (secondary N) is 2. The Morgan fingerprint density at radius 1 is 1.37 bits per heavy atom. The summed E-state index contributed by atoms with van der Waals surface area (Å²) in [5.41, 5.74) is 0. The van der Waals surface area contributed by atoms with E-state index in [4.69, 9.17) is 4.42 Å². The number of carbonyl (C=O) groups excluding carboxylic acids is 1. The Balaban J connectivity index is 2.49. The number of aryl methyl sites for hydroxylation is 1. The Labute approximate surface area is 115 Å². The molecule has 0 aliphatic rings. The molecule has 5 heteroatoms. The Morgan fingerprint density at radius 2 is 2.00 bits per heavy atom. The normalized spacial score (nSPS) is 14.4. The monoisotopic (exact) mass is 267 g/mol. The van der Waals surface area contributed by atoms with Crippen molar-refractivity contribution in [2.24, 2.45) is 0 Å². The predicted octanol–water partition coefficient (Wildman–Crippen LogP) is 2.33.